The molecule has 1 atom stereocenters. The first-order valence-electron chi connectivity index (χ1n) is 14.7. The number of fused-ring (bicyclic) bond motifs is 3. The monoisotopic (exact) mass is 635 g/mol. The summed E-state index contributed by atoms with van der Waals surface area (Å²) in [5.41, 5.74) is 3.86. The maximum absolute atomic E-state index is 13.3. The molecule has 1 saturated heterocycles. The molecular weight excluding hydrogens is 602 g/mol. The molecule has 3 aliphatic rings. The van der Waals surface area contributed by atoms with Gasteiger partial charge in [-0.05, 0) is 51.3 Å². The normalized spacial score (nSPS) is 21.1. The number of ether oxygens (including phenoxy) is 1. The Morgan fingerprint density at radius 2 is 1.73 bits per heavy atom. The second-order valence-electron chi connectivity index (χ2n) is 11.3. The molecule has 1 aliphatic carbocycles. The first kappa shape index (κ1) is 30.2. The Kier molecular flexibility index (Phi) is 8.66. The number of hydrogen-bond donors (Lipinski definition) is 2. The van der Waals surface area contributed by atoms with E-state index < -0.39 is 6.04 Å². The van der Waals surface area contributed by atoms with Gasteiger partial charge in [0, 0.05) is 58.4 Å². The van der Waals surface area contributed by atoms with Crippen LogP contribution in [0.1, 0.15) is 58.5 Å². The lowest BCUT2D eigenvalue weighted by molar-refractivity contribution is -0.130. The molecule has 6 rings (SSSR count). The second kappa shape index (κ2) is 12.6. The van der Waals surface area contributed by atoms with E-state index in [-0.39, 0.29) is 36.2 Å². The number of aliphatic imine (C=N–C) groups is 1. The molecule has 2 aliphatic heterocycles. The molecule has 0 bridgehead atoms. The molecule has 13 heteroatoms. The van der Waals surface area contributed by atoms with Crippen LogP contribution in [0.4, 0.5) is 0 Å². The largest absolute Gasteiger partial charge is 0.378 e. The van der Waals surface area contributed by atoms with E-state index in [1.807, 2.05) is 35.8 Å². The topological polar surface area (TPSA) is 131 Å². The Bertz CT molecular complexity index is 1650. The number of amides is 3. The number of carbonyl (C=O) groups excluding carboxylic acids is 3. The highest BCUT2D eigenvalue weighted by Gasteiger charge is 2.35. The van der Waals surface area contributed by atoms with Crippen molar-refractivity contribution >= 4 is 46.4 Å². The Labute approximate surface area is 264 Å². The maximum atomic E-state index is 13.3. The van der Waals surface area contributed by atoms with Gasteiger partial charge in [0.25, 0.3) is 0 Å². The fourth-order valence-electron chi connectivity index (χ4n) is 5.73. The molecule has 3 aromatic rings. The van der Waals surface area contributed by atoms with Gasteiger partial charge in [0.15, 0.2) is 5.82 Å². The van der Waals surface area contributed by atoms with E-state index in [9.17, 15) is 14.4 Å². The molecule has 1 aromatic carbocycles. The fraction of sp³-hybridized carbons (Fsp3) is 0.419. The summed E-state index contributed by atoms with van der Waals surface area (Å²) >= 11 is 7.86. The molecule has 0 radical (unpaired) electrons. The van der Waals surface area contributed by atoms with Crippen LogP contribution in [0, 0.1) is 20.8 Å². The molecule has 0 spiro atoms. The van der Waals surface area contributed by atoms with Crippen LogP contribution in [-0.4, -0.2) is 81.5 Å². The first-order valence-corrected chi connectivity index (χ1v) is 15.9. The van der Waals surface area contributed by atoms with Gasteiger partial charge in [-0.1, -0.05) is 23.7 Å². The highest BCUT2D eigenvalue weighted by Crippen LogP contribution is 2.39. The average molecular weight is 636 g/mol. The Morgan fingerprint density at radius 1 is 1.02 bits per heavy atom. The minimum atomic E-state index is -0.550. The van der Waals surface area contributed by atoms with Gasteiger partial charge >= 0.3 is 0 Å². The predicted octanol–water partition coefficient (Wildman–Crippen LogP) is 3.37. The molecule has 4 heterocycles. The number of nitrogens with one attached hydrogen (secondary N) is 2. The van der Waals surface area contributed by atoms with E-state index in [1.165, 1.54) is 17.0 Å². The van der Waals surface area contributed by atoms with Crippen LogP contribution in [0.5, 0.6) is 0 Å². The van der Waals surface area contributed by atoms with Crippen molar-refractivity contribution in [2.45, 2.75) is 58.2 Å². The quantitative estimate of drug-likeness (QED) is 0.383. The van der Waals surface area contributed by atoms with Gasteiger partial charge in [0.1, 0.15) is 16.9 Å². The summed E-state index contributed by atoms with van der Waals surface area (Å²) in [6.45, 7) is 8.15. The zero-order valence-corrected chi connectivity index (χ0v) is 26.4. The van der Waals surface area contributed by atoms with Gasteiger partial charge in [-0.15, -0.1) is 21.5 Å². The second-order valence-corrected chi connectivity index (χ2v) is 13.0. The maximum Gasteiger partial charge on any atom is 0.246 e. The molecule has 11 nitrogen and oxygen atoms in total. The highest BCUT2D eigenvalue weighted by atomic mass is 35.5. The number of nitrogens with zero attached hydrogens (tertiary/aromatic N) is 5. The molecule has 230 valence electrons. The van der Waals surface area contributed by atoms with Crippen LogP contribution in [-0.2, 0) is 19.1 Å². The molecular formula is C31H34ClN7O4S. The third kappa shape index (κ3) is 6.19. The number of thiophene rings is 1. The summed E-state index contributed by atoms with van der Waals surface area (Å²) in [6, 6.07) is 6.89. The first-order chi connectivity index (χ1) is 21.2. The van der Waals surface area contributed by atoms with Gasteiger partial charge in [-0.2, -0.15) is 0 Å². The summed E-state index contributed by atoms with van der Waals surface area (Å²) in [5, 5.41) is 16.4. The van der Waals surface area contributed by atoms with Crippen molar-refractivity contribution in [3.63, 3.8) is 0 Å². The number of hydrogen-bond acceptors (Lipinski definition) is 8. The molecule has 3 amide bonds. The fourth-order valence-corrected chi connectivity index (χ4v) is 7.07. The molecule has 0 unspecified atom stereocenters. The number of morpholine rings is 1. The number of carbonyl (C=O) groups is 3. The van der Waals surface area contributed by atoms with Crippen molar-refractivity contribution < 1.29 is 19.1 Å². The molecule has 2 aromatic heterocycles. The Morgan fingerprint density at radius 3 is 2.45 bits per heavy atom. The van der Waals surface area contributed by atoms with Crippen LogP contribution in [0.3, 0.4) is 0 Å². The summed E-state index contributed by atoms with van der Waals surface area (Å²) in [5.74, 6) is 0.691. The zero-order chi connectivity index (χ0) is 31.0. The van der Waals surface area contributed by atoms with E-state index in [2.05, 4.69) is 34.7 Å². The van der Waals surface area contributed by atoms with Crippen LogP contribution in [0.2, 0.25) is 5.02 Å². The lowest BCUT2D eigenvalue weighted by Crippen LogP contribution is -2.53. The number of rotatable bonds is 7. The number of benzene rings is 1. The minimum Gasteiger partial charge on any atom is -0.378 e. The van der Waals surface area contributed by atoms with Crippen molar-refractivity contribution in [1.29, 1.82) is 0 Å². The number of aromatic nitrogens is 3. The van der Waals surface area contributed by atoms with Crippen LogP contribution < -0.4 is 10.6 Å². The van der Waals surface area contributed by atoms with Gasteiger partial charge in [0.05, 0.1) is 25.3 Å². The van der Waals surface area contributed by atoms with Gasteiger partial charge in [0.2, 0.25) is 17.7 Å². The van der Waals surface area contributed by atoms with Crippen molar-refractivity contribution in [3.05, 3.63) is 74.7 Å². The molecule has 1 saturated carbocycles. The SMILES string of the molecule is Cc1sc2c(c1C)C(c1ccc(Cl)cc1)=N[C@@H](CC(=O)N[C@H]1C[C@H](NC(=O)/C=C/C(=O)N3CCOCC3)C1)c1nnc(C)n1-2. The predicted molar refractivity (Wildman–Crippen MR) is 168 cm³/mol. The lowest BCUT2D eigenvalue weighted by Gasteiger charge is -2.36. The zero-order valence-electron chi connectivity index (χ0n) is 24.8. The Hall–Kier alpha value is -3.87. The van der Waals surface area contributed by atoms with Crippen molar-refractivity contribution in [2.75, 3.05) is 26.3 Å². The average Bonchev–Trinajstić information content (AvgIpc) is 3.47. The Balaban J connectivity index is 1.12. The smallest absolute Gasteiger partial charge is 0.246 e. The third-order valence-corrected chi connectivity index (χ3v) is 9.73. The summed E-state index contributed by atoms with van der Waals surface area (Å²) in [7, 11) is 0. The number of aryl methyl sites for hydroxylation is 2. The van der Waals surface area contributed by atoms with Gasteiger partial charge < -0.3 is 20.3 Å². The lowest BCUT2D eigenvalue weighted by atomic mass is 9.86. The minimum absolute atomic E-state index is 0.0663. The van der Waals surface area contributed by atoms with E-state index in [4.69, 9.17) is 21.3 Å². The number of halogens is 1. The third-order valence-electron chi connectivity index (χ3n) is 8.29. The summed E-state index contributed by atoms with van der Waals surface area (Å²) in [6.07, 6.45) is 3.89. The molecule has 44 heavy (non-hydrogen) atoms. The standard InChI is InChI=1S/C31H34ClN7O4S/c1-17-18(2)44-31-28(17)29(20-4-6-21(32)7-5-20)35-24(30-37-36-19(3)39(30)31)16-26(41)34-23-14-22(15-23)33-25(40)8-9-27(42)38-10-12-43-13-11-38/h4-9,22-24H,10-16H2,1-3H3,(H,33,40)(H,34,41)/b9-8+/t22-,23-,24-/m0/s1. The highest BCUT2D eigenvalue weighted by molar-refractivity contribution is 7.15. The van der Waals surface area contributed by atoms with Crippen LogP contribution >= 0.6 is 22.9 Å². The van der Waals surface area contributed by atoms with Crippen molar-refractivity contribution in [1.82, 2.24) is 30.3 Å². The van der Waals surface area contributed by atoms with Crippen molar-refractivity contribution in [2.24, 2.45) is 4.99 Å². The van der Waals surface area contributed by atoms with E-state index >= 15 is 0 Å². The van der Waals surface area contributed by atoms with E-state index in [0.717, 1.165) is 33.2 Å². The van der Waals surface area contributed by atoms with Crippen LogP contribution in [0.25, 0.3) is 5.00 Å². The summed E-state index contributed by atoms with van der Waals surface area (Å²) in [4.78, 5) is 45.9. The van der Waals surface area contributed by atoms with E-state index in [0.29, 0.717) is 50.0 Å². The van der Waals surface area contributed by atoms with Crippen LogP contribution in [0.15, 0.2) is 41.4 Å². The summed E-state index contributed by atoms with van der Waals surface area (Å²) < 4.78 is 7.28. The molecule has 2 N–H and O–H groups in total. The van der Waals surface area contributed by atoms with Gasteiger partial charge in [-0.3, -0.25) is 23.9 Å². The van der Waals surface area contributed by atoms with E-state index in [1.54, 1.807) is 16.2 Å². The van der Waals surface area contributed by atoms with Gasteiger partial charge in [-0.25, -0.2) is 0 Å². The van der Waals surface area contributed by atoms with Crippen molar-refractivity contribution in [3.8, 4) is 5.00 Å². The molecule has 2 fully saturated rings.